The Bertz CT molecular complexity index is 545. The van der Waals surface area contributed by atoms with Crippen LogP contribution in [0.4, 0.5) is 0 Å². The van der Waals surface area contributed by atoms with Crippen LogP contribution in [0.5, 0.6) is 0 Å². The lowest BCUT2D eigenvalue weighted by Crippen LogP contribution is -2.14. The average Bonchev–Trinajstić information content (AvgIpc) is 2.78. The average molecular weight is 247 g/mol. The highest BCUT2D eigenvalue weighted by Gasteiger charge is 2.10. The van der Waals surface area contributed by atoms with Crippen molar-refractivity contribution in [1.29, 1.82) is 0 Å². The van der Waals surface area contributed by atoms with Gasteiger partial charge in [0.2, 0.25) is 5.76 Å². The SMILES string of the molecule is CCCCNCc1ccc2oc(C(=O)O)cc2c1. The molecule has 0 amide bonds. The molecule has 96 valence electrons. The standard InChI is InChI=1S/C14H17NO3/c1-2-3-6-15-9-10-4-5-12-11(7-10)8-13(18-12)14(16)17/h4-5,7-8,15H,2-3,6,9H2,1H3,(H,16,17). The lowest BCUT2D eigenvalue weighted by atomic mass is 10.1. The Morgan fingerprint density at radius 2 is 2.22 bits per heavy atom. The Morgan fingerprint density at radius 1 is 1.39 bits per heavy atom. The number of benzene rings is 1. The summed E-state index contributed by atoms with van der Waals surface area (Å²) in [6.07, 6.45) is 2.34. The number of nitrogens with one attached hydrogen (secondary N) is 1. The Hall–Kier alpha value is -1.81. The zero-order valence-corrected chi connectivity index (χ0v) is 10.4. The van der Waals surface area contributed by atoms with Gasteiger partial charge in [0.15, 0.2) is 0 Å². The predicted molar refractivity (Wildman–Crippen MR) is 69.8 cm³/mol. The van der Waals surface area contributed by atoms with Gasteiger partial charge < -0.3 is 14.8 Å². The first-order valence-electron chi connectivity index (χ1n) is 6.17. The van der Waals surface area contributed by atoms with Crippen molar-refractivity contribution in [3.05, 3.63) is 35.6 Å². The number of unbranched alkanes of at least 4 members (excludes halogenated alkanes) is 1. The van der Waals surface area contributed by atoms with E-state index in [1.807, 2.05) is 18.2 Å². The highest BCUT2D eigenvalue weighted by molar-refractivity contribution is 5.91. The minimum absolute atomic E-state index is 0.0129. The lowest BCUT2D eigenvalue weighted by molar-refractivity contribution is 0.0665. The summed E-state index contributed by atoms with van der Waals surface area (Å²) in [6, 6.07) is 7.30. The van der Waals surface area contributed by atoms with Gasteiger partial charge in [-0.05, 0) is 36.7 Å². The van der Waals surface area contributed by atoms with Gasteiger partial charge in [0, 0.05) is 11.9 Å². The predicted octanol–water partition coefficient (Wildman–Crippen LogP) is 3.02. The number of aromatic carboxylic acids is 1. The number of fused-ring (bicyclic) bond motifs is 1. The molecule has 0 aliphatic heterocycles. The quantitative estimate of drug-likeness (QED) is 0.770. The second-order valence-electron chi connectivity index (χ2n) is 4.32. The van der Waals surface area contributed by atoms with E-state index in [1.165, 1.54) is 6.42 Å². The van der Waals surface area contributed by atoms with Gasteiger partial charge in [-0.3, -0.25) is 0 Å². The van der Waals surface area contributed by atoms with E-state index in [4.69, 9.17) is 9.52 Å². The summed E-state index contributed by atoms with van der Waals surface area (Å²) in [5.74, 6) is -1.05. The third-order valence-electron chi connectivity index (χ3n) is 2.83. The van der Waals surface area contributed by atoms with Gasteiger partial charge in [-0.25, -0.2) is 4.79 Å². The van der Waals surface area contributed by atoms with Crippen LogP contribution in [0.1, 0.15) is 35.9 Å². The number of furan rings is 1. The minimum Gasteiger partial charge on any atom is -0.475 e. The zero-order chi connectivity index (χ0) is 13.0. The third-order valence-corrected chi connectivity index (χ3v) is 2.83. The molecule has 1 aromatic heterocycles. The molecular weight excluding hydrogens is 230 g/mol. The molecule has 0 saturated heterocycles. The molecule has 4 nitrogen and oxygen atoms in total. The van der Waals surface area contributed by atoms with Crippen LogP contribution < -0.4 is 5.32 Å². The van der Waals surface area contributed by atoms with Crippen molar-refractivity contribution >= 4 is 16.9 Å². The highest BCUT2D eigenvalue weighted by atomic mass is 16.4. The Balaban J connectivity index is 2.09. The normalized spacial score (nSPS) is 10.9. The summed E-state index contributed by atoms with van der Waals surface area (Å²) < 4.78 is 5.21. The summed E-state index contributed by atoms with van der Waals surface area (Å²) in [5.41, 5.74) is 1.75. The van der Waals surface area contributed by atoms with E-state index in [2.05, 4.69) is 12.2 Å². The van der Waals surface area contributed by atoms with Gasteiger partial charge in [0.25, 0.3) is 0 Å². The summed E-state index contributed by atoms with van der Waals surface area (Å²) in [5, 5.41) is 13.0. The van der Waals surface area contributed by atoms with Gasteiger partial charge in [-0.15, -0.1) is 0 Å². The molecule has 4 heteroatoms. The maximum Gasteiger partial charge on any atom is 0.371 e. The largest absolute Gasteiger partial charge is 0.475 e. The number of carboxylic acid groups (broad SMARTS) is 1. The van der Waals surface area contributed by atoms with Gasteiger partial charge in [-0.1, -0.05) is 19.4 Å². The molecule has 18 heavy (non-hydrogen) atoms. The van der Waals surface area contributed by atoms with Crippen LogP contribution in [0.25, 0.3) is 11.0 Å². The van der Waals surface area contributed by atoms with Crippen molar-refractivity contribution in [2.45, 2.75) is 26.3 Å². The molecule has 0 unspecified atom stereocenters. The number of carbonyl (C=O) groups is 1. The van der Waals surface area contributed by atoms with Gasteiger partial charge in [-0.2, -0.15) is 0 Å². The van der Waals surface area contributed by atoms with Crippen LogP contribution in [0.15, 0.2) is 28.7 Å². The van der Waals surface area contributed by atoms with Gasteiger partial charge in [0.05, 0.1) is 0 Å². The van der Waals surface area contributed by atoms with Crippen molar-refractivity contribution in [3.63, 3.8) is 0 Å². The van der Waals surface area contributed by atoms with Crippen LogP contribution in [0, 0.1) is 0 Å². The van der Waals surface area contributed by atoms with Crippen LogP contribution in [-0.2, 0) is 6.54 Å². The van der Waals surface area contributed by atoms with Gasteiger partial charge in [0.1, 0.15) is 5.58 Å². The van der Waals surface area contributed by atoms with Crippen LogP contribution in [0.2, 0.25) is 0 Å². The molecule has 0 aliphatic rings. The molecule has 2 aromatic rings. The second-order valence-corrected chi connectivity index (χ2v) is 4.32. The molecule has 0 bridgehead atoms. The van der Waals surface area contributed by atoms with Crippen LogP contribution >= 0.6 is 0 Å². The topological polar surface area (TPSA) is 62.5 Å². The summed E-state index contributed by atoms with van der Waals surface area (Å²) in [6.45, 7) is 3.95. The molecule has 1 aromatic carbocycles. The zero-order valence-electron chi connectivity index (χ0n) is 10.4. The monoisotopic (exact) mass is 247 g/mol. The minimum atomic E-state index is -1.03. The highest BCUT2D eigenvalue weighted by Crippen LogP contribution is 2.20. The molecule has 0 spiro atoms. The number of hydrogen-bond acceptors (Lipinski definition) is 3. The first kappa shape index (κ1) is 12.6. The van der Waals surface area contributed by atoms with E-state index in [-0.39, 0.29) is 5.76 Å². The molecule has 0 saturated carbocycles. The molecule has 2 rings (SSSR count). The summed E-state index contributed by atoms with van der Waals surface area (Å²) in [7, 11) is 0. The van der Waals surface area contributed by atoms with E-state index >= 15 is 0 Å². The number of carboxylic acids is 1. The smallest absolute Gasteiger partial charge is 0.371 e. The van der Waals surface area contributed by atoms with E-state index in [0.29, 0.717) is 5.58 Å². The van der Waals surface area contributed by atoms with Crippen molar-refractivity contribution in [1.82, 2.24) is 5.32 Å². The first-order chi connectivity index (χ1) is 8.70. The molecular formula is C14H17NO3. The van der Waals surface area contributed by atoms with Crippen molar-refractivity contribution in [2.24, 2.45) is 0 Å². The maximum absolute atomic E-state index is 10.8. The molecule has 0 atom stereocenters. The maximum atomic E-state index is 10.8. The van der Waals surface area contributed by atoms with Gasteiger partial charge >= 0.3 is 5.97 Å². The lowest BCUT2D eigenvalue weighted by Gasteiger charge is -2.03. The Kier molecular flexibility index (Phi) is 3.99. The Morgan fingerprint density at radius 3 is 2.94 bits per heavy atom. The third kappa shape index (κ3) is 2.90. The molecule has 1 heterocycles. The van der Waals surface area contributed by atoms with Crippen LogP contribution in [0.3, 0.4) is 0 Å². The van der Waals surface area contributed by atoms with E-state index < -0.39 is 5.97 Å². The molecule has 0 fully saturated rings. The number of rotatable bonds is 6. The molecule has 0 radical (unpaired) electrons. The summed E-state index contributed by atoms with van der Waals surface area (Å²) in [4.78, 5) is 10.8. The second kappa shape index (κ2) is 5.69. The van der Waals surface area contributed by atoms with E-state index in [0.717, 1.165) is 30.5 Å². The van der Waals surface area contributed by atoms with Crippen LogP contribution in [-0.4, -0.2) is 17.6 Å². The molecule has 0 aliphatic carbocycles. The first-order valence-corrected chi connectivity index (χ1v) is 6.17. The summed E-state index contributed by atoms with van der Waals surface area (Å²) >= 11 is 0. The number of hydrogen-bond donors (Lipinski definition) is 2. The fraction of sp³-hybridized carbons (Fsp3) is 0.357. The van der Waals surface area contributed by atoms with Crippen molar-refractivity contribution < 1.29 is 14.3 Å². The fourth-order valence-corrected chi connectivity index (χ4v) is 1.84. The Labute approximate surface area is 106 Å². The van der Waals surface area contributed by atoms with Crippen molar-refractivity contribution in [2.75, 3.05) is 6.54 Å². The van der Waals surface area contributed by atoms with E-state index in [9.17, 15) is 4.79 Å². The molecule has 2 N–H and O–H groups in total. The van der Waals surface area contributed by atoms with E-state index in [1.54, 1.807) is 6.07 Å². The van der Waals surface area contributed by atoms with Crippen molar-refractivity contribution in [3.8, 4) is 0 Å². The fourth-order valence-electron chi connectivity index (χ4n) is 1.84.